The van der Waals surface area contributed by atoms with Gasteiger partial charge < -0.3 is 14.7 Å². The average molecular weight is 422 g/mol. The molecule has 2 aromatic carbocycles. The minimum atomic E-state index is -0.914. The highest BCUT2D eigenvalue weighted by atomic mass is 16.5. The van der Waals surface area contributed by atoms with Gasteiger partial charge in [0.2, 0.25) is 0 Å². The number of benzene rings is 2. The number of aliphatic carboxylic acids is 1. The molecule has 1 fully saturated rings. The van der Waals surface area contributed by atoms with Crippen molar-refractivity contribution in [3.05, 3.63) is 65.2 Å². The summed E-state index contributed by atoms with van der Waals surface area (Å²) in [4.78, 5) is 27.3. The molecule has 0 bridgehead atoms. The first-order chi connectivity index (χ1) is 15.0. The summed E-state index contributed by atoms with van der Waals surface area (Å²) in [6.45, 7) is 4.80. The van der Waals surface area contributed by atoms with Crippen molar-refractivity contribution >= 4 is 11.9 Å². The molecule has 1 aliphatic carbocycles. The highest BCUT2D eigenvalue weighted by molar-refractivity contribution is 6.00. The molecule has 31 heavy (non-hydrogen) atoms. The molecule has 0 aromatic heterocycles. The van der Waals surface area contributed by atoms with E-state index in [4.69, 9.17) is 4.74 Å². The number of carbonyl (C=O) groups excluding carboxylic acids is 1. The summed E-state index contributed by atoms with van der Waals surface area (Å²) in [5, 5.41) is 10.1. The third-order valence-corrected chi connectivity index (χ3v) is 6.66. The summed E-state index contributed by atoms with van der Waals surface area (Å²) < 4.78 is 6.18. The second-order valence-corrected chi connectivity index (χ2v) is 8.92. The Morgan fingerprint density at radius 1 is 1.06 bits per heavy atom. The van der Waals surface area contributed by atoms with Crippen LogP contribution in [0, 0.1) is 5.92 Å². The standard InChI is InChI=1S/C26H31NO4/c1-3-16-27-24(23(26(29)30)21-6-4-5-7-22(21)25(27)28)18-10-14-20(15-11-18)31-19-12-8-17(2)9-13-19/h4-7,10-11,14-15,17,19,23-24H,3,8-9,12-13,16H2,1-2H3,(H,29,30)/t17?,19?,23-,24+/m1/s1. The van der Waals surface area contributed by atoms with Crippen LogP contribution in [0.3, 0.4) is 0 Å². The molecule has 4 rings (SSSR count). The van der Waals surface area contributed by atoms with Gasteiger partial charge in [-0.15, -0.1) is 0 Å². The molecule has 1 aliphatic heterocycles. The van der Waals surface area contributed by atoms with Gasteiger partial charge >= 0.3 is 5.97 Å². The van der Waals surface area contributed by atoms with E-state index in [1.165, 1.54) is 12.8 Å². The number of amides is 1. The van der Waals surface area contributed by atoms with Crippen LogP contribution >= 0.6 is 0 Å². The van der Waals surface area contributed by atoms with Gasteiger partial charge in [0.15, 0.2) is 0 Å². The largest absolute Gasteiger partial charge is 0.490 e. The van der Waals surface area contributed by atoms with E-state index >= 15 is 0 Å². The molecule has 164 valence electrons. The van der Waals surface area contributed by atoms with Gasteiger partial charge in [-0.3, -0.25) is 9.59 Å². The van der Waals surface area contributed by atoms with Gasteiger partial charge in [0.25, 0.3) is 5.91 Å². The van der Waals surface area contributed by atoms with Crippen molar-refractivity contribution < 1.29 is 19.4 Å². The number of ether oxygens (including phenoxy) is 1. The van der Waals surface area contributed by atoms with Gasteiger partial charge in [0.05, 0.1) is 12.1 Å². The van der Waals surface area contributed by atoms with Crippen LogP contribution in [0.1, 0.15) is 79.4 Å². The zero-order chi connectivity index (χ0) is 22.0. The first-order valence-corrected chi connectivity index (χ1v) is 11.4. The second kappa shape index (κ2) is 9.13. The molecule has 1 heterocycles. The molecule has 0 unspecified atom stereocenters. The van der Waals surface area contributed by atoms with Crippen molar-refractivity contribution in [2.75, 3.05) is 6.54 Å². The highest BCUT2D eigenvalue weighted by Crippen LogP contribution is 2.43. The molecule has 1 amide bonds. The van der Waals surface area contributed by atoms with Gasteiger partial charge in [-0.2, -0.15) is 0 Å². The third-order valence-electron chi connectivity index (χ3n) is 6.66. The van der Waals surface area contributed by atoms with Gasteiger partial charge in [0, 0.05) is 12.1 Å². The van der Waals surface area contributed by atoms with E-state index in [-0.39, 0.29) is 12.0 Å². The molecule has 5 nitrogen and oxygen atoms in total. The number of fused-ring (bicyclic) bond motifs is 1. The van der Waals surface area contributed by atoms with E-state index in [0.717, 1.165) is 36.5 Å². The first-order valence-electron chi connectivity index (χ1n) is 11.4. The fourth-order valence-corrected chi connectivity index (χ4v) is 5.00. The van der Waals surface area contributed by atoms with Gasteiger partial charge in [-0.05, 0) is 67.3 Å². The number of hydrogen-bond donors (Lipinski definition) is 1. The topological polar surface area (TPSA) is 66.8 Å². The lowest BCUT2D eigenvalue weighted by atomic mass is 9.79. The average Bonchev–Trinajstić information content (AvgIpc) is 2.77. The van der Waals surface area contributed by atoms with Crippen LogP contribution in [0.25, 0.3) is 0 Å². The SMILES string of the molecule is CCCN1C(=O)c2ccccc2[C@@H](C(=O)O)[C@@H]1c1ccc(OC2CCC(C)CC2)cc1. The minimum Gasteiger partial charge on any atom is -0.490 e. The van der Waals surface area contributed by atoms with Crippen LogP contribution in [0.5, 0.6) is 5.75 Å². The quantitative estimate of drug-likeness (QED) is 0.676. The fourth-order valence-electron chi connectivity index (χ4n) is 5.00. The van der Waals surface area contributed by atoms with Crippen LogP contribution in [0.15, 0.2) is 48.5 Å². The van der Waals surface area contributed by atoms with Crippen LogP contribution in [0.4, 0.5) is 0 Å². The lowest BCUT2D eigenvalue weighted by molar-refractivity contribution is -0.140. The fraction of sp³-hybridized carbons (Fsp3) is 0.462. The Hall–Kier alpha value is -2.82. The lowest BCUT2D eigenvalue weighted by Crippen LogP contribution is -2.45. The van der Waals surface area contributed by atoms with Crippen molar-refractivity contribution in [2.45, 2.75) is 64.0 Å². The molecule has 0 radical (unpaired) electrons. The summed E-state index contributed by atoms with van der Waals surface area (Å²) in [5.74, 6) is -0.238. The number of carboxylic acid groups (broad SMARTS) is 1. The number of rotatable bonds is 6. The van der Waals surface area contributed by atoms with E-state index in [9.17, 15) is 14.7 Å². The number of nitrogens with zero attached hydrogens (tertiary/aromatic N) is 1. The van der Waals surface area contributed by atoms with E-state index in [0.29, 0.717) is 17.7 Å². The molecule has 0 spiro atoms. The number of carbonyl (C=O) groups is 2. The maximum absolute atomic E-state index is 13.2. The van der Waals surface area contributed by atoms with E-state index in [1.807, 2.05) is 31.2 Å². The molecule has 5 heteroatoms. The monoisotopic (exact) mass is 421 g/mol. The van der Waals surface area contributed by atoms with Crippen molar-refractivity contribution in [3.63, 3.8) is 0 Å². The summed E-state index contributed by atoms with van der Waals surface area (Å²) in [5.41, 5.74) is 1.91. The number of carboxylic acids is 1. The molecular weight excluding hydrogens is 390 g/mol. The summed E-state index contributed by atoms with van der Waals surface area (Å²) in [6, 6.07) is 14.2. The Morgan fingerprint density at radius 3 is 2.39 bits per heavy atom. The predicted octanol–water partition coefficient (Wildman–Crippen LogP) is 5.42. The summed E-state index contributed by atoms with van der Waals surface area (Å²) in [6.07, 6.45) is 5.54. The van der Waals surface area contributed by atoms with Crippen molar-refractivity contribution in [3.8, 4) is 5.75 Å². The zero-order valence-corrected chi connectivity index (χ0v) is 18.3. The Balaban J connectivity index is 1.64. The molecule has 2 aliphatic rings. The minimum absolute atomic E-state index is 0.100. The smallest absolute Gasteiger partial charge is 0.313 e. The molecule has 1 saturated carbocycles. The Bertz CT molecular complexity index is 931. The molecule has 0 saturated heterocycles. The molecule has 2 atom stereocenters. The Labute approximate surface area is 184 Å². The van der Waals surface area contributed by atoms with Crippen LogP contribution in [0.2, 0.25) is 0 Å². The maximum Gasteiger partial charge on any atom is 0.313 e. The van der Waals surface area contributed by atoms with Crippen LogP contribution < -0.4 is 4.74 Å². The second-order valence-electron chi connectivity index (χ2n) is 8.92. The van der Waals surface area contributed by atoms with Gasteiger partial charge in [-0.25, -0.2) is 0 Å². The Kier molecular flexibility index (Phi) is 6.30. The van der Waals surface area contributed by atoms with Crippen LogP contribution in [-0.4, -0.2) is 34.5 Å². The van der Waals surface area contributed by atoms with Crippen molar-refractivity contribution in [2.24, 2.45) is 5.92 Å². The molecule has 2 aromatic rings. The molecule has 1 N–H and O–H groups in total. The highest BCUT2D eigenvalue weighted by Gasteiger charge is 2.43. The predicted molar refractivity (Wildman–Crippen MR) is 119 cm³/mol. The summed E-state index contributed by atoms with van der Waals surface area (Å²) in [7, 11) is 0. The summed E-state index contributed by atoms with van der Waals surface area (Å²) >= 11 is 0. The van der Waals surface area contributed by atoms with Gasteiger partial charge in [0.1, 0.15) is 11.7 Å². The van der Waals surface area contributed by atoms with E-state index in [2.05, 4.69) is 6.92 Å². The zero-order valence-electron chi connectivity index (χ0n) is 18.3. The van der Waals surface area contributed by atoms with Gasteiger partial charge in [-0.1, -0.05) is 44.2 Å². The number of hydrogen-bond acceptors (Lipinski definition) is 3. The Morgan fingerprint density at radius 2 is 1.74 bits per heavy atom. The van der Waals surface area contributed by atoms with Crippen molar-refractivity contribution in [1.29, 1.82) is 0 Å². The normalized spacial score (nSPS) is 25.7. The van der Waals surface area contributed by atoms with Crippen LogP contribution in [-0.2, 0) is 4.79 Å². The van der Waals surface area contributed by atoms with E-state index < -0.39 is 17.9 Å². The maximum atomic E-state index is 13.2. The lowest BCUT2D eigenvalue weighted by Gasteiger charge is -2.40. The van der Waals surface area contributed by atoms with E-state index in [1.54, 1.807) is 29.2 Å². The first kappa shape index (κ1) is 21.4. The third kappa shape index (κ3) is 4.32. The van der Waals surface area contributed by atoms with Crippen molar-refractivity contribution in [1.82, 2.24) is 4.90 Å². The molecular formula is C26H31NO4.